The van der Waals surface area contributed by atoms with Gasteiger partial charge in [0, 0.05) is 24.0 Å². The monoisotopic (exact) mass is 208 g/mol. The molecule has 1 fully saturated rings. The van der Waals surface area contributed by atoms with Crippen LogP contribution in [0, 0.1) is 6.92 Å². The molecule has 0 bridgehead atoms. The summed E-state index contributed by atoms with van der Waals surface area (Å²) in [6.45, 7) is 2.95. The topological polar surface area (TPSA) is 24.9 Å². The molecule has 1 aromatic heterocycles. The van der Waals surface area contributed by atoms with Gasteiger partial charge in [-0.25, -0.2) is 0 Å². The third-order valence-corrected chi connectivity index (χ3v) is 3.61. The zero-order valence-corrected chi connectivity index (χ0v) is 9.31. The van der Waals surface area contributed by atoms with Crippen LogP contribution in [0.2, 0.25) is 0 Å². The van der Waals surface area contributed by atoms with Gasteiger partial charge in [0.05, 0.1) is 5.69 Å². The van der Waals surface area contributed by atoms with E-state index in [1.807, 2.05) is 24.8 Å². The van der Waals surface area contributed by atoms with Gasteiger partial charge in [-0.2, -0.15) is 11.8 Å². The van der Waals surface area contributed by atoms with Gasteiger partial charge < -0.3 is 5.32 Å². The Hall–Kier alpha value is -0.540. The lowest BCUT2D eigenvalue weighted by atomic mass is 10.2. The molecule has 3 heteroatoms. The highest BCUT2D eigenvalue weighted by atomic mass is 32.2. The van der Waals surface area contributed by atoms with E-state index in [0.717, 1.165) is 17.9 Å². The zero-order chi connectivity index (χ0) is 9.80. The fourth-order valence-corrected chi connectivity index (χ4v) is 2.83. The smallest absolute Gasteiger partial charge is 0.0544 e. The number of aryl methyl sites for hydroxylation is 1. The molecule has 76 valence electrons. The maximum Gasteiger partial charge on any atom is 0.0544 e. The highest BCUT2D eigenvalue weighted by Crippen LogP contribution is 2.17. The van der Waals surface area contributed by atoms with E-state index in [2.05, 4.69) is 22.4 Å². The Morgan fingerprint density at radius 1 is 1.57 bits per heavy atom. The van der Waals surface area contributed by atoms with Crippen molar-refractivity contribution in [2.45, 2.75) is 25.9 Å². The highest BCUT2D eigenvalue weighted by molar-refractivity contribution is 7.99. The number of nitrogens with one attached hydrogen (secondary N) is 1. The molecule has 1 aliphatic rings. The van der Waals surface area contributed by atoms with Crippen molar-refractivity contribution >= 4 is 11.8 Å². The molecule has 1 aliphatic heterocycles. The van der Waals surface area contributed by atoms with E-state index in [1.165, 1.54) is 17.9 Å². The number of rotatable bonds is 3. The summed E-state index contributed by atoms with van der Waals surface area (Å²) in [7, 11) is 0. The molecule has 1 saturated heterocycles. The van der Waals surface area contributed by atoms with Crippen LogP contribution in [0.3, 0.4) is 0 Å². The van der Waals surface area contributed by atoms with Crippen LogP contribution in [-0.2, 0) is 6.54 Å². The van der Waals surface area contributed by atoms with Crippen molar-refractivity contribution < 1.29 is 0 Å². The summed E-state index contributed by atoms with van der Waals surface area (Å²) in [6.07, 6.45) is 1.30. The second-order valence-corrected chi connectivity index (χ2v) is 4.86. The first kappa shape index (κ1) is 9.99. The van der Waals surface area contributed by atoms with E-state index < -0.39 is 0 Å². The van der Waals surface area contributed by atoms with Crippen LogP contribution in [0.15, 0.2) is 18.2 Å². The van der Waals surface area contributed by atoms with Crippen molar-refractivity contribution in [3.63, 3.8) is 0 Å². The Kier molecular flexibility index (Phi) is 3.43. The average molecular weight is 208 g/mol. The molecule has 1 aromatic rings. The molecule has 1 unspecified atom stereocenters. The molecular weight excluding hydrogens is 192 g/mol. The highest BCUT2D eigenvalue weighted by Gasteiger charge is 2.14. The van der Waals surface area contributed by atoms with Gasteiger partial charge in [0.1, 0.15) is 0 Å². The molecule has 2 heterocycles. The SMILES string of the molecule is Cc1cccc(CNC2CCSC2)n1. The Labute approximate surface area is 89.5 Å². The van der Waals surface area contributed by atoms with Gasteiger partial charge in [-0.05, 0) is 31.2 Å². The number of hydrogen-bond donors (Lipinski definition) is 1. The predicted molar refractivity (Wildman–Crippen MR) is 61.5 cm³/mol. The first-order chi connectivity index (χ1) is 6.84. The number of nitrogens with zero attached hydrogens (tertiary/aromatic N) is 1. The average Bonchev–Trinajstić information content (AvgIpc) is 2.67. The summed E-state index contributed by atoms with van der Waals surface area (Å²) in [5, 5.41) is 3.54. The summed E-state index contributed by atoms with van der Waals surface area (Å²) in [5.74, 6) is 2.56. The minimum absolute atomic E-state index is 0.697. The second kappa shape index (κ2) is 4.80. The van der Waals surface area contributed by atoms with Crippen LogP contribution in [0.4, 0.5) is 0 Å². The summed E-state index contributed by atoms with van der Waals surface area (Å²) in [5.41, 5.74) is 2.26. The van der Waals surface area contributed by atoms with Gasteiger partial charge in [0.15, 0.2) is 0 Å². The van der Waals surface area contributed by atoms with E-state index in [4.69, 9.17) is 0 Å². The number of pyridine rings is 1. The van der Waals surface area contributed by atoms with E-state index in [1.54, 1.807) is 0 Å². The minimum Gasteiger partial charge on any atom is -0.308 e. The quantitative estimate of drug-likeness (QED) is 0.822. The molecule has 2 rings (SSSR count). The summed E-state index contributed by atoms with van der Waals surface area (Å²) < 4.78 is 0. The first-order valence-corrected chi connectivity index (χ1v) is 6.24. The van der Waals surface area contributed by atoms with Gasteiger partial charge in [-0.3, -0.25) is 4.98 Å². The summed E-state index contributed by atoms with van der Waals surface area (Å²) in [4.78, 5) is 4.46. The van der Waals surface area contributed by atoms with Crippen molar-refractivity contribution in [1.29, 1.82) is 0 Å². The van der Waals surface area contributed by atoms with Crippen LogP contribution in [0.1, 0.15) is 17.8 Å². The Balaban J connectivity index is 1.85. The lowest BCUT2D eigenvalue weighted by molar-refractivity contribution is 0.551. The van der Waals surface area contributed by atoms with Crippen LogP contribution in [0.25, 0.3) is 0 Å². The molecule has 0 aromatic carbocycles. The zero-order valence-electron chi connectivity index (χ0n) is 8.49. The standard InChI is InChI=1S/C11H16N2S/c1-9-3-2-4-10(13-9)7-12-11-5-6-14-8-11/h2-4,11-12H,5-8H2,1H3. The Morgan fingerprint density at radius 2 is 2.50 bits per heavy atom. The first-order valence-electron chi connectivity index (χ1n) is 5.08. The van der Waals surface area contributed by atoms with Gasteiger partial charge in [-0.15, -0.1) is 0 Å². The van der Waals surface area contributed by atoms with Crippen LogP contribution >= 0.6 is 11.8 Å². The van der Waals surface area contributed by atoms with Crippen LogP contribution < -0.4 is 5.32 Å². The molecule has 2 nitrogen and oxygen atoms in total. The van der Waals surface area contributed by atoms with Crippen molar-refractivity contribution in [1.82, 2.24) is 10.3 Å². The van der Waals surface area contributed by atoms with Gasteiger partial charge in [0.25, 0.3) is 0 Å². The van der Waals surface area contributed by atoms with Gasteiger partial charge in [-0.1, -0.05) is 6.07 Å². The molecule has 1 atom stereocenters. The Bertz CT molecular complexity index is 295. The minimum atomic E-state index is 0.697. The molecule has 14 heavy (non-hydrogen) atoms. The lowest BCUT2D eigenvalue weighted by Crippen LogP contribution is -2.28. The van der Waals surface area contributed by atoms with Gasteiger partial charge in [0.2, 0.25) is 0 Å². The van der Waals surface area contributed by atoms with Crippen molar-refractivity contribution in [3.8, 4) is 0 Å². The number of aromatic nitrogens is 1. The fourth-order valence-electron chi connectivity index (χ4n) is 1.64. The van der Waals surface area contributed by atoms with Crippen molar-refractivity contribution in [3.05, 3.63) is 29.6 Å². The van der Waals surface area contributed by atoms with E-state index in [0.29, 0.717) is 6.04 Å². The van der Waals surface area contributed by atoms with E-state index >= 15 is 0 Å². The maximum atomic E-state index is 4.46. The normalized spacial score (nSPS) is 21.4. The number of hydrogen-bond acceptors (Lipinski definition) is 3. The molecule has 0 spiro atoms. The largest absolute Gasteiger partial charge is 0.308 e. The molecule has 0 saturated carbocycles. The van der Waals surface area contributed by atoms with E-state index in [-0.39, 0.29) is 0 Å². The third kappa shape index (κ3) is 2.72. The van der Waals surface area contributed by atoms with Crippen molar-refractivity contribution in [2.75, 3.05) is 11.5 Å². The van der Waals surface area contributed by atoms with Crippen LogP contribution in [-0.4, -0.2) is 22.5 Å². The van der Waals surface area contributed by atoms with Crippen molar-refractivity contribution in [2.24, 2.45) is 0 Å². The Morgan fingerprint density at radius 3 is 3.21 bits per heavy atom. The predicted octanol–water partition coefficient (Wildman–Crippen LogP) is 1.99. The lowest BCUT2D eigenvalue weighted by Gasteiger charge is -2.10. The molecule has 0 aliphatic carbocycles. The molecule has 1 N–H and O–H groups in total. The second-order valence-electron chi connectivity index (χ2n) is 3.71. The van der Waals surface area contributed by atoms with E-state index in [9.17, 15) is 0 Å². The van der Waals surface area contributed by atoms with Gasteiger partial charge >= 0.3 is 0 Å². The fraction of sp³-hybridized carbons (Fsp3) is 0.545. The molecular formula is C11H16N2S. The maximum absolute atomic E-state index is 4.46. The third-order valence-electron chi connectivity index (χ3n) is 2.45. The number of thioether (sulfide) groups is 1. The summed E-state index contributed by atoms with van der Waals surface area (Å²) >= 11 is 2.04. The molecule has 0 amide bonds. The molecule has 0 radical (unpaired) electrons. The summed E-state index contributed by atoms with van der Waals surface area (Å²) in [6, 6.07) is 6.89. The van der Waals surface area contributed by atoms with Crippen LogP contribution in [0.5, 0.6) is 0 Å².